The highest BCUT2D eigenvalue weighted by Gasteiger charge is 2.17. The van der Waals surface area contributed by atoms with Crippen molar-refractivity contribution < 1.29 is 9.59 Å². The summed E-state index contributed by atoms with van der Waals surface area (Å²) in [5, 5.41) is 4.81. The Morgan fingerprint density at radius 2 is 2.05 bits per heavy atom. The molecule has 1 aromatic heterocycles. The largest absolute Gasteiger partial charge is 0.366 e. The summed E-state index contributed by atoms with van der Waals surface area (Å²) in [7, 11) is 0. The van der Waals surface area contributed by atoms with Crippen LogP contribution in [0.3, 0.4) is 0 Å². The number of benzene rings is 1. The van der Waals surface area contributed by atoms with Crippen molar-refractivity contribution in [1.29, 1.82) is 0 Å². The number of amides is 2. The van der Waals surface area contributed by atoms with E-state index in [4.69, 9.17) is 5.73 Å². The topological polar surface area (TPSA) is 72.2 Å². The SMILES string of the molecule is Cc1ccccc1CS[C@@H](C)C(=O)Nc1sccc1C(N)=O. The monoisotopic (exact) mass is 334 g/mol. The summed E-state index contributed by atoms with van der Waals surface area (Å²) in [4.78, 5) is 23.5. The van der Waals surface area contributed by atoms with Gasteiger partial charge in [0.15, 0.2) is 0 Å². The van der Waals surface area contributed by atoms with Gasteiger partial charge < -0.3 is 11.1 Å². The first-order chi connectivity index (χ1) is 10.5. The van der Waals surface area contributed by atoms with E-state index in [1.54, 1.807) is 23.2 Å². The van der Waals surface area contributed by atoms with E-state index in [1.807, 2.05) is 19.1 Å². The molecule has 2 amide bonds. The number of hydrogen-bond acceptors (Lipinski definition) is 4. The predicted molar refractivity (Wildman–Crippen MR) is 93.4 cm³/mol. The number of primary amides is 1. The summed E-state index contributed by atoms with van der Waals surface area (Å²) in [6, 6.07) is 9.75. The van der Waals surface area contributed by atoms with Crippen molar-refractivity contribution in [2.45, 2.75) is 24.9 Å². The number of hydrogen-bond donors (Lipinski definition) is 2. The van der Waals surface area contributed by atoms with Gasteiger partial charge in [-0.2, -0.15) is 0 Å². The van der Waals surface area contributed by atoms with Gasteiger partial charge in [-0.05, 0) is 36.4 Å². The van der Waals surface area contributed by atoms with Crippen molar-refractivity contribution in [1.82, 2.24) is 0 Å². The standard InChI is InChI=1S/C16H18N2O2S2/c1-10-5-3-4-6-12(10)9-22-11(2)15(20)18-16-13(14(17)19)7-8-21-16/h3-8,11H,9H2,1-2H3,(H2,17,19)(H,18,20)/t11-/m0/s1. The molecule has 0 fully saturated rings. The van der Waals surface area contributed by atoms with E-state index in [-0.39, 0.29) is 11.2 Å². The number of nitrogens with one attached hydrogen (secondary N) is 1. The van der Waals surface area contributed by atoms with E-state index in [2.05, 4.69) is 24.4 Å². The van der Waals surface area contributed by atoms with Gasteiger partial charge >= 0.3 is 0 Å². The molecule has 6 heteroatoms. The van der Waals surface area contributed by atoms with Gasteiger partial charge in [0.05, 0.1) is 10.8 Å². The molecule has 1 aromatic carbocycles. The second kappa shape index (κ2) is 7.47. The van der Waals surface area contributed by atoms with Crippen LogP contribution in [0.15, 0.2) is 35.7 Å². The number of carbonyl (C=O) groups is 2. The molecular formula is C16H18N2O2S2. The van der Waals surface area contributed by atoms with Crippen LogP contribution in [0.1, 0.15) is 28.4 Å². The van der Waals surface area contributed by atoms with Gasteiger partial charge in [0.2, 0.25) is 5.91 Å². The lowest BCUT2D eigenvalue weighted by Crippen LogP contribution is -2.23. The van der Waals surface area contributed by atoms with Gasteiger partial charge in [-0.3, -0.25) is 9.59 Å². The van der Waals surface area contributed by atoms with Crippen LogP contribution in [0.5, 0.6) is 0 Å². The van der Waals surface area contributed by atoms with E-state index in [9.17, 15) is 9.59 Å². The van der Waals surface area contributed by atoms with E-state index < -0.39 is 5.91 Å². The Kier molecular flexibility index (Phi) is 5.63. The van der Waals surface area contributed by atoms with Gasteiger partial charge in [-0.1, -0.05) is 24.3 Å². The first-order valence-electron chi connectivity index (χ1n) is 6.83. The van der Waals surface area contributed by atoms with Crippen molar-refractivity contribution in [3.05, 3.63) is 52.4 Å². The molecule has 2 aromatic rings. The fraction of sp³-hybridized carbons (Fsp3) is 0.250. The molecule has 1 atom stereocenters. The zero-order chi connectivity index (χ0) is 16.1. The third-order valence-electron chi connectivity index (χ3n) is 3.29. The molecule has 0 radical (unpaired) electrons. The third kappa shape index (κ3) is 4.11. The average molecular weight is 334 g/mol. The van der Waals surface area contributed by atoms with Gasteiger partial charge in [0.25, 0.3) is 5.91 Å². The predicted octanol–water partition coefficient (Wildman–Crippen LogP) is 3.42. The minimum absolute atomic E-state index is 0.122. The van der Waals surface area contributed by atoms with Crippen LogP contribution >= 0.6 is 23.1 Å². The fourth-order valence-corrected chi connectivity index (χ4v) is 3.64. The van der Waals surface area contributed by atoms with Gasteiger partial charge in [0.1, 0.15) is 5.00 Å². The van der Waals surface area contributed by atoms with Crippen LogP contribution in [0.4, 0.5) is 5.00 Å². The first-order valence-corrected chi connectivity index (χ1v) is 8.76. The second-order valence-corrected chi connectivity index (χ2v) is 7.14. The fourth-order valence-electron chi connectivity index (χ4n) is 1.88. The first kappa shape index (κ1) is 16.6. The maximum Gasteiger partial charge on any atom is 0.251 e. The average Bonchev–Trinajstić information content (AvgIpc) is 2.94. The summed E-state index contributed by atoms with van der Waals surface area (Å²) < 4.78 is 0. The van der Waals surface area contributed by atoms with Crippen molar-refractivity contribution >= 4 is 39.9 Å². The number of aryl methyl sites for hydroxylation is 1. The molecule has 116 valence electrons. The summed E-state index contributed by atoms with van der Waals surface area (Å²) in [6.45, 7) is 3.92. The third-order valence-corrected chi connectivity index (χ3v) is 5.31. The second-order valence-electron chi connectivity index (χ2n) is 4.90. The van der Waals surface area contributed by atoms with Crippen molar-refractivity contribution in [2.24, 2.45) is 5.73 Å². The molecule has 0 bridgehead atoms. The van der Waals surface area contributed by atoms with Crippen LogP contribution in [-0.4, -0.2) is 17.1 Å². The number of thiophene rings is 1. The number of thioether (sulfide) groups is 1. The molecule has 0 unspecified atom stereocenters. The summed E-state index contributed by atoms with van der Waals surface area (Å²) in [6.07, 6.45) is 0. The molecular weight excluding hydrogens is 316 g/mol. The summed E-state index contributed by atoms with van der Waals surface area (Å²) in [5.41, 5.74) is 8.07. The normalized spacial score (nSPS) is 11.9. The minimum Gasteiger partial charge on any atom is -0.366 e. The maximum absolute atomic E-state index is 12.2. The smallest absolute Gasteiger partial charge is 0.251 e. The Morgan fingerprint density at radius 3 is 2.73 bits per heavy atom. The minimum atomic E-state index is -0.531. The van der Waals surface area contributed by atoms with Gasteiger partial charge in [-0.25, -0.2) is 0 Å². The summed E-state index contributed by atoms with van der Waals surface area (Å²) in [5.74, 6) is 0.120. The molecule has 1 heterocycles. The number of nitrogens with two attached hydrogens (primary N) is 1. The lowest BCUT2D eigenvalue weighted by Gasteiger charge is -2.12. The zero-order valence-electron chi connectivity index (χ0n) is 12.5. The van der Waals surface area contributed by atoms with E-state index in [1.165, 1.54) is 22.5 Å². The molecule has 3 N–H and O–H groups in total. The lowest BCUT2D eigenvalue weighted by molar-refractivity contribution is -0.115. The van der Waals surface area contributed by atoms with E-state index >= 15 is 0 Å². The van der Waals surface area contributed by atoms with Crippen molar-refractivity contribution in [3.63, 3.8) is 0 Å². The quantitative estimate of drug-likeness (QED) is 0.850. The maximum atomic E-state index is 12.2. The molecule has 4 nitrogen and oxygen atoms in total. The zero-order valence-corrected chi connectivity index (χ0v) is 14.1. The number of carbonyl (C=O) groups excluding carboxylic acids is 2. The summed E-state index contributed by atoms with van der Waals surface area (Å²) >= 11 is 2.86. The molecule has 0 spiro atoms. The molecule has 0 aliphatic rings. The molecule has 0 saturated heterocycles. The van der Waals surface area contributed by atoms with E-state index in [0.717, 1.165) is 5.75 Å². The highest BCUT2D eigenvalue weighted by molar-refractivity contribution is 7.99. The Labute approximate surface area is 138 Å². The van der Waals surface area contributed by atoms with Crippen LogP contribution in [0, 0.1) is 6.92 Å². The van der Waals surface area contributed by atoms with E-state index in [0.29, 0.717) is 10.6 Å². The Hall–Kier alpha value is -1.79. The Bertz CT molecular complexity index is 682. The molecule has 0 saturated carbocycles. The van der Waals surface area contributed by atoms with Crippen molar-refractivity contribution in [2.75, 3.05) is 5.32 Å². The van der Waals surface area contributed by atoms with Crippen LogP contribution in [-0.2, 0) is 10.5 Å². The van der Waals surface area contributed by atoms with Crippen LogP contribution < -0.4 is 11.1 Å². The lowest BCUT2D eigenvalue weighted by atomic mass is 10.1. The molecule has 0 aliphatic carbocycles. The Balaban J connectivity index is 1.94. The molecule has 0 aliphatic heterocycles. The molecule has 2 rings (SSSR count). The van der Waals surface area contributed by atoms with Gasteiger partial charge in [-0.15, -0.1) is 23.1 Å². The number of rotatable bonds is 6. The highest BCUT2D eigenvalue weighted by Crippen LogP contribution is 2.25. The van der Waals surface area contributed by atoms with Crippen LogP contribution in [0.25, 0.3) is 0 Å². The Morgan fingerprint density at radius 1 is 1.32 bits per heavy atom. The van der Waals surface area contributed by atoms with Crippen molar-refractivity contribution in [3.8, 4) is 0 Å². The highest BCUT2D eigenvalue weighted by atomic mass is 32.2. The molecule has 22 heavy (non-hydrogen) atoms. The number of anilines is 1. The van der Waals surface area contributed by atoms with Gasteiger partial charge in [0, 0.05) is 5.75 Å². The van der Waals surface area contributed by atoms with Crippen LogP contribution in [0.2, 0.25) is 0 Å².